The Balaban J connectivity index is 2.48. The predicted octanol–water partition coefficient (Wildman–Crippen LogP) is -2.84. The van der Waals surface area contributed by atoms with Crippen LogP contribution in [0.1, 0.15) is 0 Å². The Morgan fingerprint density at radius 2 is 2.13 bits per heavy atom. The summed E-state index contributed by atoms with van der Waals surface area (Å²) in [5, 5.41) is 18.2. The van der Waals surface area contributed by atoms with Gasteiger partial charge in [-0.1, -0.05) is 0 Å². The molecule has 0 spiro atoms. The van der Waals surface area contributed by atoms with E-state index >= 15 is 0 Å². The van der Waals surface area contributed by atoms with Gasteiger partial charge in [-0.15, -0.1) is 0 Å². The molecule has 0 aliphatic carbocycles. The summed E-state index contributed by atoms with van der Waals surface area (Å²) in [6.45, 7) is -0.437. The fourth-order valence-electron chi connectivity index (χ4n) is 1.44. The molecule has 88 valence electrons. The number of hydrogen-bond donors (Lipinski definition) is 5. The molecule has 0 aromatic heterocycles. The maximum atomic E-state index is 10.4. The van der Waals surface area contributed by atoms with E-state index in [4.69, 9.17) is 19.7 Å². The summed E-state index contributed by atoms with van der Waals surface area (Å²) in [5.74, 6) is 0. The van der Waals surface area contributed by atoms with Gasteiger partial charge in [-0.25, -0.2) is 4.57 Å². The highest BCUT2D eigenvalue weighted by atomic mass is 31.2. The van der Waals surface area contributed by atoms with E-state index in [1.165, 1.54) is 0 Å². The minimum absolute atomic E-state index is 0.437. The van der Waals surface area contributed by atoms with Crippen LogP contribution in [0.4, 0.5) is 0 Å². The van der Waals surface area contributed by atoms with Crippen LogP contribution in [0.2, 0.25) is 0 Å². The van der Waals surface area contributed by atoms with Crippen molar-refractivity contribution in [1.82, 2.24) is 5.48 Å². The number of hydrogen-bond acceptors (Lipinski definition) is 6. The first kappa shape index (κ1) is 13.1. The van der Waals surface area contributed by atoms with Gasteiger partial charge in [0.15, 0.2) is 0 Å². The van der Waals surface area contributed by atoms with Crippen LogP contribution in [0, 0.1) is 0 Å². The number of rotatable bonds is 4. The molecule has 0 saturated carbocycles. The van der Waals surface area contributed by atoms with E-state index in [0.29, 0.717) is 0 Å². The number of phosphoric acid groups is 1. The van der Waals surface area contributed by atoms with Crippen molar-refractivity contribution in [1.29, 1.82) is 0 Å². The quantitative estimate of drug-likeness (QED) is 0.202. The standard InChI is InChI=1S/C5H13BNO7P/c6-5-3(7-9)4(8)2(14-5)1-13-15(10,11)12/h2-5,7-9H,1,6H2,(H2,10,11,12)/t2-,3?,4+,5-/m1/s1. The normalized spacial score (nSPS) is 37.1. The first-order valence-corrected chi connectivity index (χ1v) is 5.81. The van der Waals surface area contributed by atoms with E-state index in [2.05, 4.69) is 4.52 Å². The molecule has 1 aliphatic rings. The highest BCUT2D eigenvalue weighted by molar-refractivity contribution is 7.46. The lowest BCUT2D eigenvalue weighted by molar-refractivity contribution is -0.00645. The summed E-state index contributed by atoms with van der Waals surface area (Å²) in [6, 6.07) is -1.18. The van der Waals surface area contributed by atoms with Gasteiger partial charge in [-0.2, -0.15) is 5.48 Å². The van der Waals surface area contributed by atoms with Crippen LogP contribution < -0.4 is 5.48 Å². The Morgan fingerprint density at radius 1 is 1.53 bits per heavy atom. The lowest BCUT2D eigenvalue weighted by atomic mass is 9.91. The summed E-state index contributed by atoms with van der Waals surface area (Å²) < 4.78 is 19.7. The molecule has 8 nitrogen and oxygen atoms in total. The van der Waals surface area contributed by atoms with Crippen molar-refractivity contribution >= 4 is 15.7 Å². The lowest BCUT2D eigenvalue weighted by Crippen LogP contribution is -2.44. The third-order valence-corrected chi connectivity index (χ3v) is 2.69. The SMILES string of the molecule is B[C@@H]1O[C@H](COP(=O)(O)O)[C@H](O)C1NO. The highest BCUT2D eigenvalue weighted by Crippen LogP contribution is 2.36. The third kappa shape index (κ3) is 3.51. The maximum absolute atomic E-state index is 10.4. The number of aliphatic hydroxyl groups excluding tert-OH is 1. The van der Waals surface area contributed by atoms with E-state index in [-0.39, 0.29) is 0 Å². The molecule has 1 unspecified atom stereocenters. The zero-order chi connectivity index (χ0) is 11.6. The molecule has 0 radical (unpaired) electrons. The fourth-order valence-corrected chi connectivity index (χ4v) is 1.78. The van der Waals surface area contributed by atoms with Gasteiger partial charge < -0.3 is 24.8 Å². The first-order chi connectivity index (χ1) is 6.85. The van der Waals surface area contributed by atoms with Crippen LogP contribution in [0.15, 0.2) is 0 Å². The van der Waals surface area contributed by atoms with Gasteiger partial charge in [0.05, 0.1) is 12.6 Å². The fraction of sp³-hybridized carbons (Fsp3) is 1.00. The van der Waals surface area contributed by atoms with Gasteiger partial charge in [0.2, 0.25) is 0 Å². The smallest absolute Gasteiger partial charge is 0.389 e. The molecular weight excluding hydrogens is 228 g/mol. The van der Waals surface area contributed by atoms with Crippen LogP contribution in [0.3, 0.4) is 0 Å². The van der Waals surface area contributed by atoms with Crippen LogP contribution >= 0.6 is 7.82 Å². The van der Waals surface area contributed by atoms with Crippen molar-refractivity contribution in [3.63, 3.8) is 0 Å². The molecule has 0 aromatic carbocycles. The number of nitrogens with one attached hydrogen (secondary N) is 1. The summed E-state index contributed by atoms with van der Waals surface area (Å²) in [4.78, 5) is 16.9. The van der Waals surface area contributed by atoms with Crippen LogP contribution in [0.25, 0.3) is 0 Å². The Morgan fingerprint density at radius 3 is 2.53 bits per heavy atom. The Bertz CT molecular complexity index is 260. The zero-order valence-corrected chi connectivity index (χ0v) is 8.87. The van der Waals surface area contributed by atoms with E-state index in [1.807, 2.05) is 5.48 Å². The molecule has 0 aromatic rings. The Hall–Kier alpha value is 0.0149. The summed E-state index contributed by atoms with van der Waals surface area (Å²) in [7, 11) is -2.96. The monoisotopic (exact) mass is 241 g/mol. The molecule has 1 heterocycles. The molecule has 1 rings (SSSR count). The Kier molecular flexibility index (Phi) is 4.27. The van der Waals surface area contributed by atoms with E-state index in [1.54, 1.807) is 7.85 Å². The molecule has 10 heteroatoms. The zero-order valence-electron chi connectivity index (χ0n) is 7.98. The van der Waals surface area contributed by atoms with Crippen LogP contribution in [-0.2, 0) is 13.8 Å². The van der Waals surface area contributed by atoms with Crippen molar-refractivity contribution in [2.24, 2.45) is 0 Å². The molecule has 5 N–H and O–H groups in total. The molecule has 15 heavy (non-hydrogen) atoms. The second-order valence-electron chi connectivity index (χ2n) is 3.31. The van der Waals surface area contributed by atoms with E-state index in [9.17, 15) is 9.67 Å². The van der Waals surface area contributed by atoms with Crippen molar-refractivity contribution in [3.05, 3.63) is 0 Å². The number of ether oxygens (including phenoxy) is 1. The van der Waals surface area contributed by atoms with E-state index in [0.717, 1.165) is 0 Å². The average Bonchev–Trinajstić information content (AvgIpc) is 2.37. The van der Waals surface area contributed by atoms with Gasteiger partial charge in [0.1, 0.15) is 20.1 Å². The average molecular weight is 241 g/mol. The van der Waals surface area contributed by atoms with Gasteiger partial charge in [-0.3, -0.25) is 4.52 Å². The van der Waals surface area contributed by atoms with Crippen LogP contribution in [0.5, 0.6) is 0 Å². The maximum Gasteiger partial charge on any atom is 0.469 e. The highest BCUT2D eigenvalue weighted by Gasteiger charge is 2.41. The largest absolute Gasteiger partial charge is 0.469 e. The number of aliphatic hydroxyl groups is 1. The van der Waals surface area contributed by atoms with E-state index < -0.39 is 38.7 Å². The Labute approximate surface area is 86.8 Å². The van der Waals surface area contributed by atoms with Crippen molar-refractivity contribution in [2.45, 2.75) is 24.3 Å². The minimum atomic E-state index is -4.57. The summed E-state index contributed by atoms with van der Waals surface area (Å²) >= 11 is 0. The molecule has 1 aliphatic heterocycles. The second-order valence-corrected chi connectivity index (χ2v) is 4.55. The van der Waals surface area contributed by atoms with Gasteiger partial charge in [0.25, 0.3) is 0 Å². The molecular formula is C5H13BNO7P. The molecule has 0 bridgehead atoms. The first-order valence-electron chi connectivity index (χ1n) is 4.28. The van der Waals surface area contributed by atoms with Gasteiger partial charge in [0, 0.05) is 6.00 Å². The summed E-state index contributed by atoms with van der Waals surface area (Å²) in [5.41, 5.74) is 1.87. The third-order valence-electron chi connectivity index (χ3n) is 2.20. The lowest BCUT2D eigenvalue weighted by Gasteiger charge is -2.16. The molecule has 1 saturated heterocycles. The molecule has 1 fully saturated rings. The van der Waals surface area contributed by atoms with Gasteiger partial charge in [-0.05, 0) is 0 Å². The van der Waals surface area contributed by atoms with Gasteiger partial charge >= 0.3 is 7.82 Å². The molecule has 4 atom stereocenters. The topological polar surface area (TPSA) is 128 Å². The predicted molar refractivity (Wildman–Crippen MR) is 49.9 cm³/mol. The molecule has 0 amide bonds. The second kappa shape index (κ2) is 4.90. The van der Waals surface area contributed by atoms with Crippen molar-refractivity contribution in [2.75, 3.05) is 6.61 Å². The summed E-state index contributed by atoms with van der Waals surface area (Å²) in [6.07, 6.45) is -1.96. The van der Waals surface area contributed by atoms with Crippen LogP contribution in [-0.4, -0.2) is 58.8 Å². The number of hydroxylamine groups is 1. The van der Waals surface area contributed by atoms with Crippen molar-refractivity contribution in [3.8, 4) is 0 Å². The van der Waals surface area contributed by atoms with Crippen molar-refractivity contribution < 1.29 is 33.9 Å². The number of phosphoric ester groups is 1. The minimum Gasteiger partial charge on any atom is -0.389 e.